The molecule has 5 heteroatoms. The van der Waals surface area contributed by atoms with E-state index >= 15 is 0 Å². The highest BCUT2D eigenvalue weighted by atomic mass is 16.5. The summed E-state index contributed by atoms with van der Waals surface area (Å²) in [6.07, 6.45) is 0. The SMILES string of the molecule is C[C@H](C(=O)NCCN1Cc2ccccc2OCC1=O)c1ccccc1. The van der Waals surface area contributed by atoms with Gasteiger partial charge in [-0.15, -0.1) is 0 Å². The molecule has 2 amide bonds. The molecule has 3 rings (SSSR count). The van der Waals surface area contributed by atoms with Gasteiger partial charge in [-0.25, -0.2) is 0 Å². The van der Waals surface area contributed by atoms with E-state index in [1.54, 1.807) is 4.90 Å². The minimum absolute atomic E-state index is 0.0331. The van der Waals surface area contributed by atoms with Crippen molar-refractivity contribution in [1.29, 1.82) is 0 Å². The molecule has 130 valence electrons. The van der Waals surface area contributed by atoms with Crippen molar-refractivity contribution >= 4 is 11.8 Å². The van der Waals surface area contributed by atoms with Gasteiger partial charge in [0.2, 0.25) is 5.91 Å². The van der Waals surface area contributed by atoms with Gasteiger partial charge in [0.05, 0.1) is 5.92 Å². The molecule has 0 aromatic heterocycles. The molecule has 0 fully saturated rings. The first kappa shape index (κ1) is 17.0. The molecule has 0 aliphatic carbocycles. The standard InChI is InChI=1S/C20H22N2O3/c1-15(16-7-3-2-4-8-16)20(24)21-11-12-22-13-17-9-5-6-10-18(17)25-14-19(22)23/h2-10,15H,11-14H2,1H3,(H,21,24)/t15-/m0/s1. The second kappa shape index (κ2) is 7.83. The molecule has 2 aromatic rings. The first-order valence-electron chi connectivity index (χ1n) is 8.46. The first-order chi connectivity index (χ1) is 12.1. The minimum Gasteiger partial charge on any atom is -0.483 e. The van der Waals surface area contributed by atoms with Gasteiger partial charge in [0.25, 0.3) is 5.91 Å². The molecular weight excluding hydrogens is 316 g/mol. The molecule has 1 heterocycles. The lowest BCUT2D eigenvalue weighted by molar-refractivity contribution is -0.133. The Morgan fingerprint density at radius 3 is 2.68 bits per heavy atom. The van der Waals surface area contributed by atoms with Crippen LogP contribution >= 0.6 is 0 Å². The van der Waals surface area contributed by atoms with Gasteiger partial charge in [0.15, 0.2) is 6.61 Å². The molecule has 1 aliphatic rings. The number of benzene rings is 2. The number of ether oxygens (including phenoxy) is 1. The number of para-hydroxylation sites is 1. The molecule has 1 N–H and O–H groups in total. The molecular formula is C20H22N2O3. The molecule has 1 atom stereocenters. The third-order valence-electron chi connectivity index (χ3n) is 4.41. The number of nitrogens with one attached hydrogen (secondary N) is 1. The van der Waals surface area contributed by atoms with Crippen LogP contribution in [0.4, 0.5) is 0 Å². The van der Waals surface area contributed by atoms with Crippen molar-refractivity contribution in [2.24, 2.45) is 0 Å². The molecule has 1 aliphatic heterocycles. The number of fused-ring (bicyclic) bond motifs is 1. The molecule has 0 saturated carbocycles. The van der Waals surface area contributed by atoms with Crippen LogP contribution in [0.15, 0.2) is 54.6 Å². The summed E-state index contributed by atoms with van der Waals surface area (Å²) in [5.41, 5.74) is 1.96. The molecule has 0 spiro atoms. The Balaban J connectivity index is 1.54. The zero-order chi connectivity index (χ0) is 17.6. The van der Waals surface area contributed by atoms with Crippen LogP contribution in [0.1, 0.15) is 24.0 Å². The van der Waals surface area contributed by atoms with Crippen molar-refractivity contribution in [3.05, 3.63) is 65.7 Å². The van der Waals surface area contributed by atoms with Gasteiger partial charge in [-0.3, -0.25) is 9.59 Å². The summed E-state index contributed by atoms with van der Waals surface area (Å²) in [4.78, 5) is 26.2. The van der Waals surface area contributed by atoms with E-state index in [2.05, 4.69) is 5.32 Å². The van der Waals surface area contributed by atoms with Gasteiger partial charge in [-0.2, -0.15) is 0 Å². The number of carbonyl (C=O) groups excluding carboxylic acids is 2. The van der Waals surface area contributed by atoms with Gasteiger partial charge in [0.1, 0.15) is 5.75 Å². The summed E-state index contributed by atoms with van der Waals surface area (Å²) in [6.45, 7) is 3.30. The maximum atomic E-state index is 12.3. The van der Waals surface area contributed by atoms with Crippen molar-refractivity contribution in [2.45, 2.75) is 19.4 Å². The molecule has 0 bridgehead atoms. The maximum absolute atomic E-state index is 12.3. The van der Waals surface area contributed by atoms with E-state index in [0.717, 1.165) is 16.9 Å². The Labute approximate surface area is 147 Å². The Hall–Kier alpha value is -2.82. The predicted octanol–water partition coefficient (Wildman–Crippen LogP) is 2.33. The summed E-state index contributed by atoms with van der Waals surface area (Å²) in [5, 5.41) is 2.92. The Morgan fingerprint density at radius 2 is 1.88 bits per heavy atom. The zero-order valence-corrected chi connectivity index (χ0v) is 14.3. The lowest BCUT2D eigenvalue weighted by atomic mass is 10.0. The average molecular weight is 338 g/mol. The summed E-state index contributed by atoms with van der Waals surface area (Å²) in [6, 6.07) is 17.3. The fourth-order valence-corrected chi connectivity index (χ4v) is 2.86. The van der Waals surface area contributed by atoms with Gasteiger partial charge in [-0.05, 0) is 18.6 Å². The van der Waals surface area contributed by atoms with Crippen molar-refractivity contribution in [3.63, 3.8) is 0 Å². The summed E-state index contributed by atoms with van der Waals surface area (Å²) in [5.74, 6) is 0.428. The Morgan fingerprint density at radius 1 is 1.16 bits per heavy atom. The van der Waals surface area contributed by atoms with E-state index in [4.69, 9.17) is 4.74 Å². The second-order valence-electron chi connectivity index (χ2n) is 6.14. The van der Waals surface area contributed by atoms with Crippen LogP contribution in [0.3, 0.4) is 0 Å². The van der Waals surface area contributed by atoms with Crippen LogP contribution in [-0.4, -0.2) is 36.4 Å². The lowest BCUT2D eigenvalue weighted by Crippen LogP contribution is -2.40. The first-order valence-corrected chi connectivity index (χ1v) is 8.46. The van der Waals surface area contributed by atoms with Gasteiger partial charge >= 0.3 is 0 Å². The average Bonchev–Trinajstić information content (AvgIpc) is 2.81. The molecule has 0 saturated heterocycles. The van der Waals surface area contributed by atoms with E-state index in [-0.39, 0.29) is 24.3 Å². The van der Waals surface area contributed by atoms with E-state index < -0.39 is 0 Å². The summed E-state index contributed by atoms with van der Waals surface area (Å²) in [7, 11) is 0. The zero-order valence-electron chi connectivity index (χ0n) is 14.3. The highest BCUT2D eigenvalue weighted by Gasteiger charge is 2.21. The normalized spacial score (nSPS) is 14.9. The highest BCUT2D eigenvalue weighted by Crippen LogP contribution is 2.22. The van der Waals surface area contributed by atoms with Crippen LogP contribution in [0.5, 0.6) is 5.75 Å². The van der Waals surface area contributed by atoms with Gasteiger partial charge in [-0.1, -0.05) is 48.5 Å². The summed E-state index contributed by atoms with van der Waals surface area (Å²) >= 11 is 0. The smallest absolute Gasteiger partial charge is 0.260 e. The van der Waals surface area contributed by atoms with E-state index in [0.29, 0.717) is 19.6 Å². The van der Waals surface area contributed by atoms with Crippen LogP contribution in [0.25, 0.3) is 0 Å². The Kier molecular flexibility index (Phi) is 5.33. The van der Waals surface area contributed by atoms with Gasteiger partial charge < -0.3 is 15.0 Å². The fourth-order valence-electron chi connectivity index (χ4n) is 2.86. The number of hydrogen-bond acceptors (Lipinski definition) is 3. The topological polar surface area (TPSA) is 58.6 Å². The van der Waals surface area contributed by atoms with E-state index in [9.17, 15) is 9.59 Å². The van der Waals surface area contributed by atoms with Crippen molar-refractivity contribution in [2.75, 3.05) is 19.7 Å². The number of hydrogen-bond donors (Lipinski definition) is 1. The fraction of sp³-hybridized carbons (Fsp3) is 0.300. The van der Waals surface area contributed by atoms with E-state index in [1.165, 1.54) is 0 Å². The molecule has 0 radical (unpaired) electrons. The van der Waals surface area contributed by atoms with Crippen molar-refractivity contribution in [1.82, 2.24) is 10.2 Å². The number of amides is 2. The highest BCUT2D eigenvalue weighted by molar-refractivity contribution is 5.83. The molecule has 2 aromatic carbocycles. The van der Waals surface area contributed by atoms with Gasteiger partial charge in [0, 0.05) is 25.2 Å². The summed E-state index contributed by atoms with van der Waals surface area (Å²) < 4.78 is 5.54. The lowest BCUT2D eigenvalue weighted by Gasteiger charge is -2.21. The van der Waals surface area contributed by atoms with Crippen LogP contribution in [0.2, 0.25) is 0 Å². The molecule has 5 nitrogen and oxygen atoms in total. The van der Waals surface area contributed by atoms with Crippen LogP contribution in [-0.2, 0) is 16.1 Å². The second-order valence-corrected chi connectivity index (χ2v) is 6.14. The predicted molar refractivity (Wildman–Crippen MR) is 95.2 cm³/mol. The quantitative estimate of drug-likeness (QED) is 0.910. The monoisotopic (exact) mass is 338 g/mol. The molecule has 25 heavy (non-hydrogen) atoms. The van der Waals surface area contributed by atoms with Crippen molar-refractivity contribution < 1.29 is 14.3 Å². The number of rotatable bonds is 5. The molecule has 0 unspecified atom stereocenters. The number of carbonyl (C=O) groups is 2. The van der Waals surface area contributed by atoms with Crippen molar-refractivity contribution in [3.8, 4) is 5.75 Å². The van der Waals surface area contributed by atoms with E-state index in [1.807, 2.05) is 61.5 Å². The largest absolute Gasteiger partial charge is 0.483 e. The number of nitrogens with zero attached hydrogens (tertiary/aromatic N) is 1. The Bertz CT molecular complexity index is 746. The third-order valence-corrected chi connectivity index (χ3v) is 4.41. The third kappa shape index (κ3) is 4.18. The minimum atomic E-state index is -0.218. The van der Waals surface area contributed by atoms with Crippen LogP contribution in [0, 0.1) is 0 Å². The maximum Gasteiger partial charge on any atom is 0.260 e. The van der Waals surface area contributed by atoms with Crippen LogP contribution < -0.4 is 10.1 Å².